The van der Waals surface area contributed by atoms with Gasteiger partial charge in [-0.2, -0.15) is 0 Å². The number of nitrogens with zero attached hydrogens (tertiary/aromatic N) is 2. The van der Waals surface area contributed by atoms with Crippen molar-refractivity contribution in [3.8, 4) is 0 Å². The monoisotopic (exact) mass is 415 g/mol. The molecule has 30 heavy (non-hydrogen) atoms. The zero-order valence-electron chi connectivity index (χ0n) is 20.2. The molecule has 1 aliphatic carbocycles. The number of benzene rings is 1. The van der Waals surface area contributed by atoms with E-state index in [1.54, 1.807) is 0 Å². The smallest absolute Gasteiger partial charge is 0.227 e. The van der Waals surface area contributed by atoms with Crippen LogP contribution in [0.1, 0.15) is 72.8 Å². The predicted octanol–water partition coefficient (Wildman–Crippen LogP) is 5.30. The first-order chi connectivity index (χ1) is 13.9. The maximum Gasteiger partial charge on any atom is 0.227 e. The third-order valence-electron chi connectivity index (χ3n) is 6.10. The zero-order valence-corrected chi connectivity index (χ0v) is 20.2. The Morgan fingerprint density at radius 3 is 2.23 bits per heavy atom. The molecule has 0 unspecified atom stereocenters. The van der Waals surface area contributed by atoms with E-state index in [4.69, 9.17) is 0 Å². The predicted molar refractivity (Wildman–Crippen MR) is 126 cm³/mol. The molecule has 1 fully saturated rings. The van der Waals surface area contributed by atoms with E-state index < -0.39 is 0 Å². The van der Waals surface area contributed by atoms with Crippen LogP contribution >= 0.6 is 0 Å². The van der Waals surface area contributed by atoms with Gasteiger partial charge in [0.1, 0.15) is 0 Å². The number of amides is 2. The van der Waals surface area contributed by atoms with Crippen molar-refractivity contribution in [3.05, 3.63) is 23.8 Å². The van der Waals surface area contributed by atoms with Gasteiger partial charge in [-0.15, -0.1) is 0 Å². The number of carbonyl (C=O) groups is 2. The molecule has 1 N–H and O–H groups in total. The van der Waals surface area contributed by atoms with Gasteiger partial charge in [-0.25, -0.2) is 0 Å². The summed E-state index contributed by atoms with van der Waals surface area (Å²) in [4.78, 5) is 29.7. The van der Waals surface area contributed by atoms with Crippen molar-refractivity contribution < 1.29 is 9.59 Å². The first-order valence-electron chi connectivity index (χ1n) is 11.3. The standard InChI is InChI=1S/C25H41N3O2/c1-17(2)18(3)28(23(29)15-25(4,5)6)16-20-14-21(12-13-22(20)27(7)8)26-24(30)19-10-9-11-19/h12-14,17-19H,9-11,15-16H2,1-8H3,(H,26,30)/t18-/m1/s1. The summed E-state index contributed by atoms with van der Waals surface area (Å²) < 4.78 is 0. The van der Waals surface area contributed by atoms with Gasteiger partial charge in [-0.05, 0) is 54.9 Å². The summed E-state index contributed by atoms with van der Waals surface area (Å²) >= 11 is 0. The van der Waals surface area contributed by atoms with Gasteiger partial charge in [-0.1, -0.05) is 41.0 Å². The van der Waals surface area contributed by atoms with Crippen molar-refractivity contribution in [3.63, 3.8) is 0 Å². The van der Waals surface area contributed by atoms with Crippen LogP contribution < -0.4 is 10.2 Å². The van der Waals surface area contributed by atoms with E-state index in [9.17, 15) is 9.59 Å². The van der Waals surface area contributed by atoms with Crippen LogP contribution in [-0.4, -0.2) is 36.9 Å². The first-order valence-corrected chi connectivity index (χ1v) is 11.3. The lowest BCUT2D eigenvalue weighted by Gasteiger charge is -2.35. The Kier molecular flexibility index (Phi) is 7.95. The summed E-state index contributed by atoms with van der Waals surface area (Å²) in [6, 6.07) is 6.17. The van der Waals surface area contributed by atoms with Gasteiger partial charge in [0.05, 0.1) is 0 Å². The summed E-state index contributed by atoms with van der Waals surface area (Å²) in [5.41, 5.74) is 2.88. The van der Waals surface area contributed by atoms with Gasteiger partial charge in [0.2, 0.25) is 11.8 Å². The fourth-order valence-electron chi connectivity index (χ4n) is 3.70. The molecule has 1 aromatic carbocycles. The van der Waals surface area contributed by atoms with E-state index in [-0.39, 0.29) is 29.2 Å². The molecule has 0 aromatic heterocycles. The van der Waals surface area contributed by atoms with E-state index in [2.05, 4.69) is 51.8 Å². The molecular weight excluding hydrogens is 374 g/mol. The number of hydrogen-bond donors (Lipinski definition) is 1. The average molecular weight is 416 g/mol. The Morgan fingerprint density at radius 2 is 1.77 bits per heavy atom. The lowest BCUT2D eigenvalue weighted by molar-refractivity contribution is -0.136. The minimum Gasteiger partial charge on any atom is -0.377 e. The molecule has 2 rings (SSSR count). The summed E-state index contributed by atoms with van der Waals surface area (Å²) in [5, 5.41) is 3.08. The highest BCUT2D eigenvalue weighted by atomic mass is 16.2. The van der Waals surface area contributed by atoms with E-state index >= 15 is 0 Å². The van der Waals surface area contributed by atoms with E-state index in [0.29, 0.717) is 18.9 Å². The minimum atomic E-state index is -0.0605. The molecule has 2 amide bonds. The normalized spacial score (nSPS) is 15.5. The van der Waals surface area contributed by atoms with Crippen molar-refractivity contribution in [1.82, 2.24) is 4.90 Å². The highest BCUT2D eigenvalue weighted by Gasteiger charge is 2.28. The molecule has 5 heteroatoms. The van der Waals surface area contributed by atoms with Crippen LogP contribution in [0.25, 0.3) is 0 Å². The van der Waals surface area contributed by atoms with Gasteiger partial charge in [0.15, 0.2) is 0 Å². The SMILES string of the molecule is CC(C)[C@@H](C)N(Cc1cc(NC(=O)C2CCC2)ccc1N(C)C)C(=O)CC(C)(C)C. The second kappa shape index (κ2) is 9.84. The van der Waals surface area contributed by atoms with Crippen LogP contribution in [0.15, 0.2) is 18.2 Å². The Morgan fingerprint density at radius 1 is 1.13 bits per heavy atom. The van der Waals surface area contributed by atoms with Crippen molar-refractivity contribution >= 4 is 23.2 Å². The Balaban J connectivity index is 2.32. The van der Waals surface area contributed by atoms with Crippen LogP contribution in [-0.2, 0) is 16.1 Å². The fraction of sp³-hybridized carbons (Fsp3) is 0.680. The second-order valence-corrected chi connectivity index (χ2v) is 10.6. The molecule has 1 aliphatic rings. The molecule has 1 atom stereocenters. The van der Waals surface area contributed by atoms with E-state index in [0.717, 1.165) is 36.2 Å². The fourth-order valence-corrected chi connectivity index (χ4v) is 3.70. The molecule has 168 valence electrons. The molecule has 1 saturated carbocycles. The zero-order chi connectivity index (χ0) is 22.6. The summed E-state index contributed by atoms with van der Waals surface area (Å²) in [6.07, 6.45) is 3.62. The van der Waals surface area contributed by atoms with Crippen LogP contribution in [0.5, 0.6) is 0 Å². The van der Waals surface area contributed by atoms with Crippen molar-refractivity contribution in [2.45, 2.75) is 79.8 Å². The molecule has 0 saturated heterocycles. The molecule has 0 heterocycles. The van der Waals surface area contributed by atoms with Crippen LogP contribution in [0.2, 0.25) is 0 Å². The lowest BCUT2D eigenvalue weighted by atomic mass is 9.85. The third kappa shape index (κ3) is 6.48. The van der Waals surface area contributed by atoms with E-state index in [1.165, 1.54) is 0 Å². The van der Waals surface area contributed by atoms with E-state index in [1.807, 2.05) is 37.2 Å². The summed E-state index contributed by atoms with van der Waals surface area (Å²) in [6.45, 7) is 13.3. The van der Waals surface area contributed by atoms with Gasteiger partial charge in [-0.3, -0.25) is 9.59 Å². The average Bonchev–Trinajstić information content (AvgIpc) is 2.55. The molecule has 0 radical (unpaired) electrons. The number of hydrogen-bond acceptors (Lipinski definition) is 3. The lowest BCUT2D eigenvalue weighted by Crippen LogP contribution is -2.42. The second-order valence-electron chi connectivity index (χ2n) is 10.6. The third-order valence-corrected chi connectivity index (χ3v) is 6.10. The van der Waals surface area contributed by atoms with Crippen LogP contribution in [0.3, 0.4) is 0 Å². The largest absolute Gasteiger partial charge is 0.377 e. The van der Waals surface area contributed by atoms with Gasteiger partial charge < -0.3 is 15.1 Å². The summed E-state index contributed by atoms with van der Waals surface area (Å²) in [5.74, 6) is 0.796. The number of nitrogens with one attached hydrogen (secondary N) is 1. The van der Waals surface area contributed by atoms with Crippen molar-refractivity contribution in [2.24, 2.45) is 17.3 Å². The first kappa shape index (κ1) is 24.2. The highest BCUT2D eigenvalue weighted by molar-refractivity contribution is 5.93. The maximum atomic E-state index is 13.2. The maximum absolute atomic E-state index is 13.2. The Labute approximate surface area is 183 Å². The Hall–Kier alpha value is -2.04. The van der Waals surface area contributed by atoms with Crippen molar-refractivity contribution in [2.75, 3.05) is 24.3 Å². The molecule has 1 aromatic rings. The summed E-state index contributed by atoms with van der Waals surface area (Å²) in [7, 11) is 4.03. The number of carbonyl (C=O) groups excluding carboxylic acids is 2. The van der Waals surface area contributed by atoms with Crippen LogP contribution in [0, 0.1) is 17.3 Å². The number of rotatable bonds is 8. The molecule has 0 spiro atoms. The number of anilines is 2. The topological polar surface area (TPSA) is 52.7 Å². The van der Waals surface area contributed by atoms with Crippen molar-refractivity contribution in [1.29, 1.82) is 0 Å². The molecular formula is C25H41N3O2. The van der Waals surface area contributed by atoms with Gasteiger partial charge >= 0.3 is 0 Å². The minimum absolute atomic E-state index is 0.0605. The molecule has 0 bridgehead atoms. The van der Waals surface area contributed by atoms with Gasteiger partial charge in [0.25, 0.3) is 0 Å². The van der Waals surface area contributed by atoms with Gasteiger partial charge in [0, 0.05) is 50.4 Å². The highest BCUT2D eigenvalue weighted by Crippen LogP contribution is 2.31. The quantitative estimate of drug-likeness (QED) is 0.627. The molecule has 5 nitrogen and oxygen atoms in total. The Bertz CT molecular complexity index is 745. The van der Waals surface area contributed by atoms with Crippen LogP contribution in [0.4, 0.5) is 11.4 Å². The molecule has 0 aliphatic heterocycles.